The van der Waals surface area contributed by atoms with Crippen LogP contribution in [0.25, 0.3) is 10.9 Å². The Balaban J connectivity index is 1.30. The van der Waals surface area contributed by atoms with E-state index in [1.165, 1.54) is 25.6 Å². The number of anilines is 2. The zero-order chi connectivity index (χ0) is 26.5. The van der Waals surface area contributed by atoms with Crippen LogP contribution in [-0.2, 0) is 14.3 Å². The summed E-state index contributed by atoms with van der Waals surface area (Å²) in [4.78, 5) is 47.1. The number of aromatic nitrogens is 4. The van der Waals surface area contributed by atoms with Crippen LogP contribution in [0.3, 0.4) is 0 Å². The second-order valence-corrected chi connectivity index (χ2v) is 8.56. The Hall–Kier alpha value is -4.58. The maximum atomic E-state index is 13.0. The molecule has 12 nitrogen and oxygen atoms in total. The number of ether oxygens (including phenoxy) is 3. The lowest BCUT2D eigenvalue weighted by atomic mass is 10.0. The Kier molecular flexibility index (Phi) is 7.40. The van der Waals surface area contributed by atoms with Crippen molar-refractivity contribution in [3.8, 4) is 11.5 Å². The summed E-state index contributed by atoms with van der Waals surface area (Å²) in [6, 6.07) is 3.46. The first-order valence-corrected chi connectivity index (χ1v) is 12.1. The van der Waals surface area contributed by atoms with Crippen molar-refractivity contribution in [2.24, 2.45) is 0 Å². The van der Waals surface area contributed by atoms with Crippen molar-refractivity contribution < 1.29 is 23.8 Å². The number of allylic oxidation sites excluding steroid dienone is 2. The van der Waals surface area contributed by atoms with E-state index in [4.69, 9.17) is 14.2 Å². The molecule has 196 valence electrons. The van der Waals surface area contributed by atoms with Gasteiger partial charge in [-0.3, -0.25) is 14.6 Å². The average Bonchev–Trinajstić information content (AvgIpc) is 2.95. The van der Waals surface area contributed by atoms with Gasteiger partial charge in [-0.2, -0.15) is 0 Å². The van der Waals surface area contributed by atoms with Gasteiger partial charge in [0.05, 0.1) is 36.8 Å². The van der Waals surface area contributed by atoms with E-state index in [-0.39, 0.29) is 17.3 Å². The fraction of sp³-hybridized carbons (Fsp3) is 0.308. The Labute approximate surface area is 219 Å². The number of hydrogen-bond acceptors (Lipinski definition) is 12. The molecule has 0 atom stereocenters. The summed E-state index contributed by atoms with van der Waals surface area (Å²) in [5.41, 5.74) is 1.10. The van der Waals surface area contributed by atoms with Gasteiger partial charge in [0.2, 0.25) is 11.6 Å². The molecule has 5 rings (SSSR count). The standard InChI is InChI=1S/C26H27N7O5/c1-36-9-10-38-24-13-18-17(11-23(24)37-2)26(30-16-29-18)31-19-12-22(35)20(14-21(19)34)32-5-7-33(8-6-32)25-15-27-3-4-28-25/h3-4,11-16H,5-10H2,1-2H3,(H,29,30,31). The molecule has 2 aromatic heterocycles. The molecule has 1 aliphatic heterocycles. The van der Waals surface area contributed by atoms with Crippen LogP contribution in [0.4, 0.5) is 11.6 Å². The van der Waals surface area contributed by atoms with Gasteiger partial charge >= 0.3 is 0 Å². The van der Waals surface area contributed by atoms with Crippen LogP contribution in [0.2, 0.25) is 0 Å². The Bertz CT molecular complexity index is 1400. The zero-order valence-corrected chi connectivity index (χ0v) is 21.1. The molecule has 0 unspecified atom stereocenters. The van der Waals surface area contributed by atoms with Crippen LogP contribution in [0.5, 0.6) is 11.5 Å². The summed E-state index contributed by atoms with van der Waals surface area (Å²) >= 11 is 0. The number of rotatable bonds is 9. The highest BCUT2D eigenvalue weighted by molar-refractivity contribution is 6.21. The predicted octanol–water partition coefficient (Wildman–Crippen LogP) is 1.61. The molecule has 0 radical (unpaired) electrons. The molecule has 1 fully saturated rings. The third kappa shape index (κ3) is 5.25. The minimum atomic E-state index is -0.311. The van der Waals surface area contributed by atoms with Crippen molar-refractivity contribution >= 4 is 34.1 Å². The van der Waals surface area contributed by atoms with E-state index in [0.717, 1.165) is 5.82 Å². The number of carbonyl (C=O) groups excluding carboxylic acids is 2. The lowest BCUT2D eigenvalue weighted by molar-refractivity contribution is -0.116. The first-order valence-electron chi connectivity index (χ1n) is 12.1. The van der Waals surface area contributed by atoms with Crippen molar-refractivity contribution in [2.45, 2.75) is 0 Å². The Morgan fingerprint density at radius 2 is 1.71 bits per heavy atom. The van der Waals surface area contributed by atoms with Gasteiger partial charge in [-0.15, -0.1) is 0 Å². The summed E-state index contributed by atoms with van der Waals surface area (Å²) in [5.74, 6) is 1.60. The Morgan fingerprint density at radius 1 is 0.895 bits per heavy atom. The predicted molar refractivity (Wildman–Crippen MR) is 139 cm³/mol. The smallest absolute Gasteiger partial charge is 0.204 e. The van der Waals surface area contributed by atoms with E-state index in [2.05, 4.69) is 30.2 Å². The van der Waals surface area contributed by atoms with Gasteiger partial charge in [0.25, 0.3) is 0 Å². The van der Waals surface area contributed by atoms with E-state index in [1.807, 2.05) is 4.90 Å². The molecular weight excluding hydrogens is 490 g/mol. The first kappa shape index (κ1) is 25.1. The molecule has 3 aromatic rings. The summed E-state index contributed by atoms with van der Waals surface area (Å²) in [7, 11) is 3.13. The van der Waals surface area contributed by atoms with Gasteiger partial charge < -0.3 is 29.3 Å². The average molecular weight is 518 g/mol. The summed E-state index contributed by atoms with van der Waals surface area (Å²) in [5, 5.41) is 3.63. The maximum absolute atomic E-state index is 13.0. The number of benzene rings is 1. The van der Waals surface area contributed by atoms with Crippen LogP contribution in [-0.4, -0.2) is 90.0 Å². The van der Waals surface area contributed by atoms with Crippen LogP contribution in [0.1, 0.15) is 0 Å². The van der Waals surface area contributed by atoms with Crippen LogP contribution in [0, 0.1) is 0 Å². The monoisotopic (exact) mass is 517 g/mol. The van der Waals surface area contributed by atoms with Gasteiger partial charge in [0, 0.05) is 69.3 Å². The quantitative estimate of drug-likeness (QED) is 0.327. The number of piperazine rings is 1. The highest BCUT2D eigenvalue weighted by Gasteiger charge is 2.28. The van der Waals surface area contributed by atoms with E-state index >= 15 is 0 Å². The Morgan fingerprint density at radius 3 is 2.45 bits per heavy atom. The molecule has 0 saturated carbocycles. The lowest BCUT2D eigenvalue weighted by Gasteiger charge is -2.37. The van der Waals surface area contributed by atoms with Gasteiger partial charge in [-0.05, 0) is 6.07 Å². The minimum Gasteiger partial charge on any atom is -0.493 e. The molecular formula is C26H27N7O5. The van der Waals surface area contributed by atoms with Gasteiger partial charge in [0.1, 0.15) is 24.6 Å². The largest absolute Gasteiger partial charge is 0.493 e. The van der Waals surface area contributed by atoms with Gasteiger partial charge in [-0.25, -0.2) is 15.0 Å². The highest BCUT2D eigenvalue weighted by atomic mass is 16.5. The molecule has 1 saturated heterocycles. The van der Waals surface area contributed by atoms with Crippen molar-refractivity contribution in [3.05, 3.63) is 60.6 Å². The SMILES string of the molecule is COCCOc1cc2ncnc(NC3=CC(=O)C(N4CCN(c5cnccn5)CC4)=CC3=O)c2cc1OC. The number of carbonyl (C=O) groups is 2. The molecule has 0 amide bonds. The topological polar surface area (TPSA) is 132 Å². The number of hydrogen-bond donors (Lipinski definition) is 1. The summed E-state index contributed by atoms with van der Waals surface area (Å²) in [6.45, 7) is 3.28. The summed E-state index contributed by atoms with van der Waals surface area (Å²) in [6.07, 6.45) is 9.08. The fourth-order valence-electron chi connectivity index (χ4n) is 4.32. The molecule has 12 heteroatoms. The zero-order valence-electron chi connectivity index (χ0n) is 21.1. The van der Waals surface area contributed by atoms with E-state index in [0.29, 0.717) is 73.3 Å². The third-order valence-electron chi connectivity index (χ3n) is 6.27. The lowest BCUT2D eigenvalue weighted by Crippen LogP contribution is -2.47. The van der Waals surface area contributed by atoms with Crippen LogP contribution < -0.4 is 19.7 Å². The number of methoxy groups -OCH3 is 2. The molecule has 2 aliphatic rings. The van der Waals surface area contributed by atoms with E-state index in [9.17, 15) is 9.59 Å². The third-order valence-corrected chi connectivity index (χ3v) is 6.27. The molecule has 3 heterocycles. The van der Waals surface area contributed by atoms with Gasteiger partial charge in [-0.1, -0.05) is 0 Å². The van der Waals surface area contributed by atoms with E-state index in [1.54, 1.807) is 37.8 Å². The molecule has 1 N–H and O–H groups in total. The van der Waals surface area contributed by atoms with Crippen LogP contribution in [0.15, 0.2) is 60.6 Å². The number of fused-ring (bicyclic) bond motifs is 1. The number of nitrogens with zero attached hydrogens (tertiary/aromatic N) is 6. The summed E-state index contributed by atoms with van der Waals surface area (Å²) < 4.78 is 16.2. The van der Waals surface area contributed by atoms with Crippen LogP contribution >= 0.6 is 0 Å². The maximum Gasteiger partial charge on any atom is 0.204 e. The highest BCUT2D eigenvalue weighted by Crippen LogP contribution is 2.34. The molecule has 1 aliphatic carbocycles. The second kappa shape index (κ2) is 11.2. The normalized spacial score (nSPS) is 15.8. The number of ketones is 2. The minimum absolute atomic E-state index is 0.135. The van der Waals surface area contributed by atoms with Crippen molar-refractivity contribution in [1.82, 2.24) is 24.8 Å². The number of nitrogens with one attached hydrogen (secondary N) is 1. The van der Waals surface area contributed by atoms with Crippen molar-refractivity contribution in [2.75, 3.05) is 63.8 Å². The van der Waals surface area contributed by atoms with Crippen molar-refractivity contribution in [3.63, 3.8) is 0 Å². The van der Waals surface area contributed by atoms with E-state index < -0.39 is 0 Å². The second-order valence-electron chi connectivity index (χ2n) is 8.56. The molecule has 0 spiro atoms. The molecule has 38 heavy (non-hydrogen) atoms. The first-order chi connectivity index (χ1) is 18.6. The molecule has 1 aromatic carbocycles. The fourth-order valence-corrected chi connectivity index (χ4v) is 4.32. The van der Waals surface area contributed by atoms with Gasteiger partial charge in [0.15, 0.2) is 11.5 Å². The molecule has 0 bridgehead atoms. The van der Waals surface area contributed by atoms with Crippen molar-refractivity contribution in [1.29, 1.82) is 0 Å².